The van der Waals surface area contributed by atoms with Gasteiger partial charge in [0, 0.05) is 10.9 Å². The van der Waals surface area contributed by atoms with E-state index in [2.05, 4.69) is 20.9 Å². The molecule has 0 N–H and O–H groups in total. The summed E-state index contributed by atoms with van der Waals surface area (Å²) in [5.74, 6) is -0.457. The van der Waals surface area contributed by atoms with Crippen LogP contribution in [0.2, 0.25) is 0 Å². The van der Waals surface area contributed by atoms with Crippen molar-refractivity contribution in [1.82, 2.24) is 4.98 Å². The molecule has 0 aliphatic rings. The van der Waals surface area contributed by atoms with E-state index < -0.39 is 0 Å². The Morgan fingerprint density at radius 3 is 2.88 bits per heavy atom. The molecule has 0 amide bonds. The smallest absolute Gasteiger partial charge is 0.179 e. The second-order valence-electron chi connectivity index (χ2n) is 3.60. The van der Waals surface area contributed by atoms with Gasteiger partial charge >= 0.3 is 0 Å². The normalized spacial score (nSPS) is 10.5. The first-order chi connectivity index (χ1) is 8.08. The van der Waals surface area contributed by atoms with E-state index in [4.69, 9.17) is 0 Å². The summed E-state index contributed by atoms with van der Waals surface area (Å²) in [6.07, 6.45) is 0.0716. The highest BCUT2D eigenvalue weighted by Crippen LogP contribution is 2.19. The van der Waals surface area contributed by atoms with Crippen molar-refractivity contribution in [2.45, 2.75) is 13.3 Å². The van der Waals surface area contributed by atoms with E-state index in [1.165, 1.54) is 17.4 Å². The van der Waals surface area contributed by atoms with Crippen LogP contribution < -0.4 is 0 Å². The molecule has 2 aromatic rings. The molecule has 0 aliphatic heterocycles. The van der Waals surface area contributed by atoms with Gasteiger partial charge in [0.15, 0.2) is 5.78 Å². The maximum absolute atomic E-state index is 13.6. The minimum absolute atomic E-state index is 0.0716. The molecule has 0 bridgehead atoms. The van der Waals surface area contributed by atoms with Crippen molar-refractivity contribution in [3.8, 4) is 0 Å². The highest BCUT2D eigenvalue weighted by Gasteiger charge is 2.14. The summed E-state index contributed by atoms with van der Waals surface area (Å²) in [6.45, 7) is 1.78. The molecule has 1 aromatic carbocycles. The molecule has 0 saturated carbocycles. The number of thiazole rings is 1. The zero-order valence-electron chi connectivity index (χ0n) is 9.04. The molecule has 0 aliphatic carbocycles. The molecule has 0 fully saturated rings. The molecular formula is C12H9BrFNOS. The van der Waals surface area contributed by atoms with Gasteiger partial charge in [-0.1, -0.05) is 22.0 Å². The summed E-state index contributed by atoms with van der Waals surface area (Å²) in [5, 5.41) is 0. The Kier molecular flexibility index (Phi) is 3.69. The Labute approximate surface area is 111 Å². The molecule has 0 spiro atoms. The van der Waals surface area contributed by atoms with Gasteiger partial charge in [0.25, 0.3) is 0 Å². The van der Waals surface area contributed by atoms with Crippen molar-refractivity contribution in [2.75, 3.05) is 0 Å². The lowest BCUT2D eigenvalue weighted by Gasteiger charge is -2.02. The summed E-state index contributed by atoms with van der Waals surface area (Å²) in [7, 11) is 0. The molecule has 88 valence electrons. The number of carbonyl (C=O) groups is 1. The number of rotatable bonds is 3. The summed E-state index contributed by atoms with van der Waals surface area (Å²) in [4.78, 5) is 16.5. The lowest BCUT2D eigenvalue weighted by atomic mass is 10.1. The predicted molar refractivity (Wildman–Crippen MR) is 69.0 cm³/mol. The molecule has 0 radical (unpaired) electrons. The predicted octanol–water partition coefficient (Wildman–Crippen LogP) is 3.78. The van der Waals surface area contributed by atoms with Crippen LogP contribution in [0.4, 0.5) is 4.39 Å². The first-order valence-electron chi connectivity index (χ1n) is 4.95. The van der Waals surface area contributed by atoms with Crippen LogP contribution in [0, 0.1) is 12.7 Å². The van der Waals surface area contributed by atoms with E-state index in [-0.39, 0.29) is 18.0 Å². The first kappa shape index (κ1) is 12.4. The number of aryl methyl sites for hydroxylation is 1. The Balaban J connectivity index is 2.22. The highest BCUT2D eigenvalue weighted by molar-refractivity contribution is 9.10. The SMILES string of the molecule is Cc1ncsc1C(=O)Cc1ccc(Br)cc1F. The van der Waals surface area contributed by atoms with Gasteiger partial charge < -0.3 is 0 Å². The summed E-state index contributed by atoms with van der Waals surface area (Å²) in [5.41, 5.74) is 2.74. The standard InChI is InChI=1S/C12H9BrFNOS/c1-7-12(17-6-15-7)11(16)4-8-2-3-9(13)5-10(8)14/h2-3,5-6H,4H2,1H3. The quantitative estimate of drug-likeness (QED) is 0.807. The van der Waals surface area contributed by atoms with Gasteiger partial charge in [-0.05, 0) is 24.6 Å². The number of hydrogen-bond acceptors (Lipinski definition) is 3. The number of halogens is 2. The molecule has 5 heteroatoms. The third-order valence-corrected chi connectivity index (χ3v) is 3.83. The fourth-order valence-corrected chi connectivity index (χ4v) is 2.56. The number of benzene rings is 1. The van der Waals surface area contributed by atoms with Crippen LogP contribution in [0.25, 0.3) is 0 Å². The lowest BCUT2D eigenvalue weighted by molar-refractivity contribution is 0.0995. The van der Waals surface area contributed by atoms with Crippen LogP contribution in [-0.4, -0.2) is 10.8 Å². The first-order valence-corrected chi connectivity index (χ1v) is 6.62. The Morgan fingerprint density at radius 1 is 1.53 bits per heavy atom. The average Bonchev–Trinajstić information content (AvgIpc) is 2.68. The Bertz CT molecular complexity index is 567. The zero-order chi connectivity index (χ0) is 12.4. The van der Waals surface area contributed by atoms with E-state index in [1.54, 1.807) is 24.6 Å². The van der Waals surface area contributed by atoms with Gasteiger partial charge in [-0.25, -0.2) is 9.37 Å². The van der Waals surface area contributed by atoms with Gasteiger partial charge in [0.05, 0.1) is 16.1 Å². The molecule has 0 unspecified atom stereocenters. The van der Waals surface area contributed by atoms with Crippen LogP contribution >= 0.6 is 27.3 Å². The van der Waals surface area contributed by atoms with Crippen molar-refractivity contribution in [3.05, 3.63) is 50.1 Å². The number of nitrogens with zero attached hydrogens (tertiary/aromatic N) is 1. The summed E-state index contributed by atoms with van der Waals surface area (Å²) >= 11 is 4.47. The molecule has 0 atom stereocenters. The Morgan fingerprint density at radius 2 is 2.29 bits per heavy atom. The van der Waals surface area contributed by atoms with E-state index in [1.807, 2.05) is 0 Å². The number of hydrogen-bond donors (Lipinski definition) is 0. The van der Waals surface area contributed by atoms with Crippen LogP contribution in [-0.2, 0) is 6.42 Å². The van der Waals surface area contributed by atoms with Crippen molar-refractivity contribution in [2.24, 2.45) is 0 Å². The third kappa shape index (κ3) is 2.79. The van der Waals surface area contributed by atoms with E-state index in [0.29, 0.717) is 20.6 Å². The molecule has 1 aromatic heterocycles. The van der Waals surface area contributed by atoms with E-state index in [0.717, 1.165) is 0 Å². The highest BCUT2D eigenvalue weighted by atomic mass is 79.9. The number of aromatic nitrogens is 1. The molecule has 2 rings (SSSR count). The fraction of sp³-hybridized carbons (Fsp3) is 0.167. The zero-order valence-corrected chi connectivity index (χ0v) is 11.4. The summed E-state index contributed by atoms with van der Waals surface area (Å²) in [6, 6.07) is 4.71. The number of Topliss-reactive ketones (excluding diaryl/α,β-unsaturated/α-hetero) is 1. The third-order valence-electron chi connectivity index (χ3n) is 2.36. The van der Waals surface area contributed by atoms with E-state index >= 15 is 0 Å². The summed E-state index contributed by atoms with van der Waals surface area (Å²) < 4.78 is 14.2. The minimum atomic E-state index is -0.366. The van der Waals surface area contributed by atoms with Crippen molar-refractivity contribution < 1.29 is 9.18 Å². The van der Waals surface area contributed by atoms with Crippen LogP contribution in [0.1, 0.15) is 20.9 Å². The van der Waals surface area contributed by atoms with Gasteiger partial charge in [-0.2, -0.15) is 0 Å². The number of ketones is 1. The largest absolute Gasteiger partial charge is 0.293 e. The molecule has 1 heterocycles. The van der Waals surface area contributed by atoms with Gasteiger partial charge in [0.1, 0.15) is 5.82 Å². The molecular weight excluding hydrogens is 305 g/mol. The molecule has 17 heavy (non-hydrogen) atoms. The maximum Gasteiger partial charge on any atom is 0.179 e. The minimum Gasteiger partial charge on any atom is -0.293 e. The second-order valence-corrected chi connectivity index (χ2v) is 5.37. The van der Waals surface area contributed by atoms with Gasteiger partial charge in [0.2, 0.25) is 0 Å². The van der Waals surface area contributed by atoms with Crippen LogP contribution in [0.3, 0.4) is 0 Å². The molecule has 2 nitrogen and oxygen atoms in total. The van der Waals surface area contributed by atoms with Gasteiger partial charge in [-0.3, -0.25) is 4.79 Å². The van der Waals surface area contributed by atoms with Crippen LogP contribution in [0.15, 0.2) is 28.2 Å². The lowest BCUT2D eigenvalue weighted by Crippen LogP contribution is -2.05. The van der Waals surface area contributed by atoms with Crippen molar-refractivity contribution in [1.29, 1.82) is 0 Å². The van der Waals surface area contributed by atoms with Crippen molar-refractivity contribution >= 4 is 33.0 Å². The maximum atomic E-state index is 13.6. The van der Waals surface area contributed by atoms with Crippen LogP contribution in [0.5, 0.6) is 0 Å². The fourth-order valence-electron chi connectivity index (χ4n) is 1.49. The van der Waals surface area contributed by atoms with Gasteiger partial charge in [-0.15, -0.1) is 11.3 Å². The average molecular weight is 314 g/mol. The molecule has 0 saturated heterocycles. The monoisotopic (exact) mass is 313 g/mol. The number of carbonyl (C=O) groups excluding carboxylic acids is 1. The topological polar surface area (TPSA) is 30.0 Å². The Hall–Kier alpha value is -1.07. The second kappa shape index (κ2) is 5.06. The van der Waals surface area contributed by atoms with Crippen molar-refractivity contribution in [3.63, 3.8) is 0 Å². The van der Waals surface area contributed by atoms with E-state index in [9.17, 15) is 9.18 Å².